The van der Waals surface area contributed by atoms with Crippen LogP contribution in [0, 0.1) is 0 Å². The second kappa shape index (κ2) is 2.68. The minimum atomic E-state index is -3.26. The van der Waals surface area contributed by atoms with Crippen LogP contribution in [0.3, 0.4) is 0 Å². The zero-order valence-electron chi connectivity index (χ0n) is 7.17. The van der Waals surface area contributed by atoms with E-state index in [1.807, 2.05) is 0 Å². The van der Waals surface area contributed by atoms with Crippen LogP contribution in [0.1, 0.15) is 12.8 Å². The highest BCUT2D eigenvalue weighted by atomic mass is 32.2. The van der Waals surface area contributed by atoms with E-state index in [2.05, 4.69) is 10.6 Å². The predicted molar refractivity (Wildman–Crippen MR) is 46.8 cm³/mol. The molecule has 0 aromatic heterocycles. The fraction of sp³-hybridized carbons (Fsp3) is 0.857. The van der Waals surface area contributed by atoms with Gasteiger partial charge in [0.05, 0.1) is 0 Å². The van der Waals surface area contributed by atoms with Gasteiger partial charge in [0.15, 0.2) is 9.84 Å². The van der Waals surface area contributed by atoms with Crippen LogP contribution in [0.2, 0.25) is 0 Å². The molecular formula is C7H12N2O3S. The largest absolute Gasteiger partial charge is 0.336 e. The van der Waals surface area contributed by atoms with Gasteiger partial charge in [-0.3, -0.25) is 4.79 Å². The molecule has 6 heteroatoms. The van der Waals surface area contributed by atoms with Crippen LogP contribution in [-0.2, 0) is 14.6 Å². The molecule has 0 atom stereocenters. The minimum Gasteiger partial charge on any atom is -0.336 e. The second-order valence-electron chi connectivity index (χ2n) is 3.55. The average Bonchev–Trinajstić information content (AvgIpc) is 2.23. The molecule has 0 radical (unpaired) electrons. The first kappa shape index (κ1) is 8.96. The SMILES string of the molecule is O=C1CS(=O)(=O)C2(CCNCC2)N1. The Bertz CT molecular complexity index is 330. The highest BCUT2D eigenvalue weighted by molar-refractivity contribution is 7.94. The van der Waals surface area contributed by atoms with E-state index in [-0.39, 0.29) is 11.7 Å². The molecule has 0 aromatic rings. The Morgan fingerprint density at radius 1 is 1.23 bits per heavy atom. The third-order valence-electron chi connectivity index (χ3n) is 2.69. The van der Waals surface area contributed by atoms with E-state index in [4.69, 9.17) is 0 Å². The number of sulfone groups is 1. The number of nitrogens with one attached hydrogen (secondary N) is 2. The number of amides is 1. The Morgan fingerprint density at radius 3 is 2.31 bits per heavy atom. The molecule has 0 saturated carbocycles. The Morgan fingerprint density at radius 2 is 1.85 bits per heavy atom. The van der Waals surface area contributed by atoms with Crippen molar-refractivity contribution in [1.82, 2.24) is 10.6 Å². The van der Waals surface area contributed by atoms with Crippen molar-refractivity contribution in [2.75, 3.05) is 18.8 Å². The van der Waals surface area contributed by atoms with Gasteiger partial charge in [0.25, 0.3) is 0 Å². The standard InChI is InChI=1S/C7H12N2O3S/c10-6-5-13(11,12)7(9-6)1-3-8-4-2-7/h8H,1-5H2,(H,9,10). The van der Waals surface area contributed by atoms with Gasteiger partial charge in [0.1, 0.15) is 10.6 Å². The zero-order chi connectivity index (χ0) is 9.53. The molecule has 0 aliphatic carbocycles. The molecule has 1 amide bonds. The van der Waals surface area contributed by atoms with Gasteiger partial charge in [-0.2, -0.15) is 0 Å². The first-order valence-electron chi connectivity index (χ1n) is 4.30. The van der Waals surface area contributed by atoms with Gasteiger partial charge >= 0.3 is 0 Å². The lowest BCUT2D eigenvalue weighted by molar-refractivity contribution is -0.118. The lowest BCUT2D eigenvalue weighted by atomic mass is 10.1. The summed E-state index contributed by atoms with van der Waals surface area (Å²) in [6, 6.07) is 0. The molecular weight excluding hydrogens is 192 g/mol. The van der Waals surface area contributed by atoms with Crippen molar-refractivity contribution in [3.05, 3.63) is 0 Å². The lowest BCUT2D eigenvalue weighted by Crippen LogP contribution is -2.53. The average molecular weight is 204 g/mol. The van der Waals surface area contributed by atoms with Gasteiger partial charge in [-0.1, -0.05) is 0 Å². The summed E-state index contributed by atoms with van der Waals surface area (Å²) in [5.41, 5.74) is 0. The van der Waals surface area contributed by atoms with Gasteiger partial charge < -0.3 is 10.6 Å². The van der Waals surface area contributed by atoms with Crippen LogP contribution >= 0.6 is 0 Å². The van der Waals surface area contributed by atoms with Gasteiger partial charge in [0.2, 0.25) is 5.91 Å². The first-order valence-corrected chi connectivity index (χ1v) is 5.95. The summed E-state index contributed by atoms with van der Waals surface area (Å²) >= 11 is 0. The van der Waals surface area contributed by atoms with E-state index in [1.54, 1.807) is 0 Å². The second-order valence-corrected chi connectivity index (χ2v) is 5.85. The van der Waals surface area contributed by atoms with Crippen LogP contribution in [0.15, 0.2) is 0 Å². The molecule has 2 N–H and O–H groups in total. The molecule has 0 bridgehead atoms. The van der Waals surface area contributed by atoms with Crippen molar-refractivity contribution < 1.29 is 13.2 Å². The van der Waals surface area contributed by atoms with Crippen LogP contribution in [-0.4, -0.2) is 38.0 Å². The highest BCUT2D eigenvalue weighted by Gasteiger charge is 2.51. The summed E-state index contributed by atoms with van der Waals surface area (Å²) in [5, 5.41) is 5.67. The van der Waals surface area contributed by atoms with E-state index in [1.165, 1.54) is 0 Å². The summed E-state index contributed by atoms with van der Waals surface area (Å²) in [7, 11) is -3.26. The summed E-state index contributed by atoms with van der Waals surface area (Å²) < 4.78 is 23.3. The topological polar surface area (TPSA) is 75.3 Å². The molecule has 2 aliphatic rings. The quantitative estimate of drug-likeness (QED) is 0.509. The normalized spacial score (nSPS) is 30.3. The molecule has 74 valence electrons. The molecule has 2 aliphatic heterocycles. The molecule has 0 unspecified atom stereocenters. The molecule has 2 heterocycles. The van der Waals surface area contributed by atoms with Crippen molar-refractivity contribution in [2.45, 2.75) is 17.7 Å². The number of carbonyl (C=O) groups excluding carboxylic acids is 1. The fourth-order valence-corrected chi connectivity index (χ4v) is 3.73. The predicted octanol–water partition coefficient (Wildman–Crippen LogP) is -1.39. The van der Waals surface area contributed by atoms with Crippen LogP contribution in [0.5, 0.6) is 0 Å². The summed E-state index contributed by atoms with van der Waals surface area (Å²) in [4.78, 5) is 10.1. The summed E-state index contributed by atoms with van der Waals surface area (Å²) in [6.07, 6.45) is 0.974. The number of carbonyl (C=O) groups is 1. The molecule has 13 heavy (non-hydrogen) atoms. The Kier molecular flexibility index (Phi) is 1.85. The first-order chi connectivity index (χ1) is 6.06. The zero-order valence-corrected chi connectivity index (χ0v) is 7.99. The molecule has 2 rings (SSSR count). The maximum atomic E-state index is 11.6. The van der Waals surface area contributed by atoms with Gasteiger partial charge in [-0.05, 0) is 25.9 Å². The molecule has 1 spiro atoms. The Labute approximate surface area is 76.8 Å². The highest BCUT2D eigenvalue weighted by Crippen LogP contribution is 2.29. The minimum absolute atomic E-state index is 0.340. The van der Waals surface area contributed by atoms with E-state index in [9.17, 15) is 13.2 Å². The van der Waals surface area contributed by atoms with Crippen molar-refractivity contribution in [2.24, 2.45) is 0 Å². The van der Waals surface area contributed by atoms with Crippen LogP contribution < -0.4 is 10.6 Å². The van der Waals surface area contributed by atoms with Crippen molar-refractivity contribution in [3.63, 3.8) is 0 Å². The van der Waals surface area contributed by atoms with Crippen molar-refractivity contribution >= 4 is 15.7 Å². The number of hydrogen-bond acceptors (Lipinski definition) is 4. The van der Waals surface area contributed by atoms with Gasteiger partial charge in [-0.25, -0.2) is 8.42 Å². The Balaban J connectivity index is 2.35. The van der Waals surface area contributed by atoms with E-state index in [0.717, 1.165) is 0 Å². The number of piperidine rings is 1. The van der Waals surface area contributed by atoms with Gasteiger partial charge in [-0.15, -0.1) is 0 Å². The van der Waals surface area contributed by atoms with Crippen LogP contribution in [0.4, 0.5) is 0 Å². The lowest BCUT2D eigenvalue weighted by Gasteiger charge is -2.32. The van der Waals surface area contributed by atoms with Gasteiger partial charge in [0, 0.05) is 0 Å². The molecule has 2 fully saturated rings. The van der Waals surface area contributed by atoms with E-state index < -0.39 is 14.7 Å². The molecule has 0 aromatic carbocycles. The maximum absolute atomic E-state index is 11.6. The monoisotopic (exact) mass is 204 g/mol. The molecule has 5 nitrogen and oxygen atoms in total. The third-order valence-corrected chi connectivity index (χ3v) is 5.04. The van der Waals surface area contributed by atoms with Crippen molar-refractivity contribution in [1.29, 1.82) is 0 Å². The van der Waals surface area contributed by atoms with Crippen molar-refractivity contribution in [3.8, 4) is 0 Å². The van der Waals surface area contributed by atoms with Crippen LogP contribution in [0.25, 0.3) is 0 Å². The van der Waals surface area contributed by atoms with E-state index in [0.29, 0.717) is 25.9 Å². The summed E-state index contributed by atoms with van der Waals surface area (Å²) in [6.45, 7) is 1.30. The fourth-order valence-electron chi connectivity index (χ4n) is 1.95. The Hall–Kier alpha value is -0.620. The number of rotatable bonds is 0. The number of hydrogen-bond donors (Lipinski definition) is 2. The van der Waals surface area contributed by atoms with E-state index >= 15 is 0 Å². The smallest absolute Gasteiger partial charge is 0.236 e. The molecule has 2 saturated heterocycles. The third kappa shape index (κ3) is 1.24. The summed E-state index contributed by atoms with van der Waals surface area (Å²) in [5.74, 6) is -0.700. The maximum Gasteiger partial charge on any atom is 0.236 e.